The number of ether oxygens (including phenoxy) is 1. The van der Waals surface area contributed by atoms with Crippen LogP contribution in [0.5, 0.6) is 5.75 Å². The van der Waals surface area contributed by atoms with Crippen LogP contribution in [0.15, 0.2) is 42.5 Å². The average Bonchev–Trinajstić information content (AvgIpc) is 3.10. The molecule has 29 heavy (non-hydrogen) atoms. The lowest BCUT2D eigenvalue weighted by Gasteiger charge is -2.17. The maximum atomic E-state index is 12.2. The Morgan fingerprint density at radius 2 is 1.93 bits per heavy atom. The number of benzene rings is 2. The second-order valence-electron chi connectivity index (χ2n) is 6.81. The van der Waals surface area contributed by atoms with E-state index in [9.17, 15) is 14.4 Å². The number of nitrogens with one attached hydrogen (secondary N) is 2. The zero-order valence-electron chi connectivity index (χ0n) is 16.2. The van der Waals surface area contributed by atoms with E-state index in [1.54, 1.807) is 48.3 Å². The van der Waals surface area contributed by atoms with Gasteiger partial charge in [-0.15, -0.1) is 0 Å². The van der Waals surface area contributed by atoms with E-state index >= 15 is 0 Å². The average molecular weight is 416 g/mol. The number of hydrogen-bond donors (Lipinski definition) is 2. The molecule has 1 atom stereocenters. The van der Waals surface area contributed by atoms with Crippen molar-refractivity contribution < 1.29 is 19.1 Å². The minimum atomic E-state index is -0.345. The summed E-state index contributed by atoms with van der Waals surface area (Å²) < 4.78 is 5.52. The van der Waals surface area contributed by atoms with Crippen molar-refractivity contribution in [3.63, 3.8) is 0 Å². The molecule has 1 fully saturated rings. The van der Waals surface area contributed by atoms with Crippen molar-refractivity contribution in [1.82, 2.24) is 5.32 Å². The lowest BCUT2D eigenvalue weighted by molar-refractivity contribution is -0.125. The van der Waals surface area contributed by atoms with Crippen molar-refractivity contribution in [2.75, 3.05) is 30.4 Å². The van der Waals surface area contributed by atoms with Crippen LogP contribution in [0.25, 0.3) is 0 Å². The number of amides is 3. The Kier molecular flexibility index (Phi) is 6.39. The number of carbonyl (C=O) groups excluding carboxylic acids is 3. The number of carbonyl (C=O) groups is 3. The zero-order valence-corrected chi connectivity index (χ0v) is 17.0. The Labute approximate surface area is 174 Å². The van der Waals surface area contributed by atoms with Crippen LogP contribution < -0.4 is 20.3 Å². The highest BCUT2D eigenvalue weighted by molar-refractivity contribution is 6.31. The molecule has 0 radical (unpaired) electrons. The van der Waals surface area contributed by atoms with Gasteiger partial charge in [-0.05, 0) is 48.9 Å². The van der Waals surface area contributed by atoms with Crippen LogP contribution in [0.4, 0.5) is 11.4 Å². The Balaban J connectivity index is 1.55. The third-order valence-electron chi connectivity index (χ3n) is 4.73. The third-order valence-corrected chi connectivity index (χ3v) is 4.97. The molecule has 1 aliphatic heterocycles. The molecule has 0 saturated carbocycles. The maximum Gasteiger partial charge on any atom is 0.262 e. The van der Waals surface area contributed by atoms with Gasteiger partial charge in [0.2, 0.25) is 11.8 Å². The largest absolute Gasteiger partial charge is 0.484 e. The number of aryl methyl sites for hydroxylation is 1. The molecule has 1 saturated heterocycles. The van der Waals surface area contributed by atoms with Gasteiger partial charge in [0.25, 0.3) is 5.91 Å². The van der Waals surface area contributed by atoms with E-state index in [0.717, 1.165) is 5.56 Å². The second-order valence-corrected chi connectivity index (χ2v) is 7.25. The Bertz CT molecular complexity index is 930. The molecule has 2 aromatic carbocycles. The molecule has 2 aromatic rings. The fourth-order valence-electron chi connectivity index (χ4n) is 3.12. The highest BCUT2D eigenvalue weighted by atomic mass is 35.5. The summed E-state index contributed by atoms with van der Waals surface area (Å²) in [5.41, 5.74) is 2.23. The van der Waals surface area contributed by atoms with Crippen molar-refractivity contribution in [2.24, 2.45) is 5.92 Å². The van der Waals surface area contributed by atoms with Gasteiger partial charge >= 0.3 is 0 Å². The Morgan fingerprint density at radius 3 is 2.62 bits per heavy atom. The van der Waals surface area contributed by atoms with Crippen LogP contribution in [0.1, 0.15) is 12.0 Å². The summed E-state index contributed by atoms with van der Waals surface area (Å²) in [5.74, 6) is -0.379. The van der Waals surface area contributed by atoms with Crippen molar-refractivity contribution in [2.45, 2.75) is 13.3 Å². The first-order chi connectivity index (χ1) is 13.9. The topological polar surface area (TPSA) is 87.7 Å². The summed E-state index contributed by atoms with van der Waals surface area (Å²) in [6.45, 7) is 2.06. The summed E-state index contributed by atoms with van der Waals surface area (Å²) >= 11 is 5.95. The van der Waals surface area contributed by atoms with Gasteiger partial charge in [0.1, 0.15) is 5.75 Å². The van der Waals surface area contributed by atoms with Crippen molar-refractivity contribution in [3.05, 3.63) is 53.1 Å². The van der Waals surface area contributed by atoms with Crippen molar-refractivity contribution in [1.29, 1.82) is 0 Å². The normalized spacial score (nSPS) is 15.9. The predicted molar refractivity (Wildman–Crippen MR) is 111 cm³/mol. The van der Waals surface area contributed by atoms with E-state index in [1.807, 2.05) is 13.0 Å². The molecule has 0 aliphatic carbocycles. The number of halogens is 1. The first-order valence-electron chi connectivity index (χ1n) is 9.18. The van der Waals surface area contributed by atoms with Crippen LogP contribution >= 0.6 is 11.6 Å². The molecule has 8 heteroatoms. The SMILES string of the molecule is CNC(=O)[C@H]1CC(=O)N(c2ccc(OCC(=O)Nc3cc(Cl)ccc3C)cc2)C1. The second kappa shape index (κ2) is 8.96. The Hall–Kier alpha value is -3.06. The molecule has 0 aromatic heterocycles. The lowest BCUT2D eigenvalue weighted by Crippen LogP contribution is -2.30. The van der Waals surface area contributed by atoms with E-state index in [0.29, 0.717) is 28.7 Å². The first kappa shape index (κ1) is 20.7. The lowest BCUT2D eigenvalue weighted by atomic mass is 10.1. The van der Waals surface area contributed by atoms with E-state index in [4.69, 9.17) is 16.3 Å². The number of hydrogen-bond acceptors (Lipinski definition) is 4. The summed E-state index contributed by atoms with van der Waals surface area (Å²) in [4.78, 5) is 37.6. The molecule has 0 bridgehead atoms. The van der Waals surface area contributed by atoms with Crippen molar-refractivity contribution in [3.8, 4) is 5.75 Å². The highest BCUT2D eigenvalue weighted by Crippen LogP contribution is 2.27. The number of rotatable bonds is 6. The third kappa shape index (κ3) is 5.06. The van der Waals surface area contributed by atoms with Crippen LogP contribution in [0, 0.1) is 12.8 Å². The smallest absolute Gasteiger partial charge is 0.262 e. The van der Waals surface area contributed by atoms with E-state index in [1.165, 1.54) is 0 Å². The molecular formula is C21H22ClN3O4. The predicted octanol–water partition coefficient (Wildman–Crippen LogP) is 2.76. The van der Waals surface area contributed by atoms with Gasteiger partial charge < -0.3 is 20.3 Å². The van der Waals surface area contributed by atoms with Gasteiger partial charge in [0.15, 0.2) is 6.61 Å². The first-order valence-corrected chi connectivity index (χ1v) is 9.56. The molecule has 3 amide bonds. The molecule has 3 rings (SSSR count). The minimum Gasteiger partial charge on any atom is -0.484 e. The maximum absolute atomic E-state index is 12.2. The van der Waals surface area contributed by atoms with E-state index < -0.39 is 0 Å². The van der Waals surface area contributed by atoms with E-state index in [2.05, 4.69) is 10.6 Å². The minimum absolute atomic E-state index is 0.0939. The van der Waals surface area contributed by atoms with Crippen LogP contribution in [0.2, 0.25) is 5.02 Å². The quantitative estimate of drug-likeness (QED) is 0.759. The molecule has 1 aliphatic rings. The number of nitrogens with zero attached hydrogens (tertiary/aromatic N) is 1. The van der Waals surface area contributed by atoms with Gasteiger partial charge in [-0.3, -0.25) is 14.4 Å². The zero-order chi connectivity index (χ0) is 21.0. The van der Waals surface area contributed by atoms with Gasteiger partial charge in [-0.25, -0.2) is 0 Å². The molecule has 0 unspecified atom stereocenters. The van der Waals surface area contributed by atoms with Crippen LogP contribution in [-0.2, 0) is 14.4 Å². The van der Waals surface area contributed by atoms with E-state index in [-0.39, 0.29) is 36.7 Å². The van der Waals surface area contributed by atoms with Gasteiger partial charge in [-0.1, -0.05) is 17.7 Å². The van der Waals surface area contributed by atoms with Crippen LogP contribution in [-0.4, -0.2) is 37.9 Å². The summed E-state index contributed by atoms with van der Waals surface area (Å²) in [5, 5.41) is 5.88. The molecular weight excluding hydrogens is 394 g/mol. The summed E-state index contributed by atoms with van der Waals surface area (Å²) in [6.07, 6.45) is 0.195. The summed E-state index contributed by atoms with van der Waals surface area (Å²) in [6, 6.07) is 12.1. The fourth-order valence-corrected chi connectivity index (χ4v) is 3.30. The summed E-state index contributed by atoms with van der Waals surface area (Å²) in [7, 11) is 1.56. The molecule has 152 valence electrons. The highest BCUT2D eigenvalue weighted by Gasteiger charge is 2.34. The van der Waals surface area contributed by atoms with Gasteiger partial charge in [0, 0.05) is 36.4 Å². The Morgan fingerprint density at radius 1 is 1.21 bits per heavy atom. The van der Waals surface area contributed by atoms with Gasteiger partial charge in [0.05, 0.1) is 5.92 Å². The number of anilines is 2. The van der Waals surface area contributed by atoms with Gasteiger partial charge in [-0.2, -0.15) is 0 Å². The van der Waals surface area contributed by atoms with Crippen LogP contribution in [0.3, 0.4) is 0 Å². The monoisotopic (exact) mass is 415 g/mol. The molecule has 1 heterocycles. The molecule has 7 nitrogen and oxygen atoms in total. The van der Waals surface area contributed by atoms with Crippen molar-refractivity contribution >= 4 is 40.7 Å². The standard InChI is InChI=1S/C21H22ClN3O4/c1-13-3-4-15(22)10-18(13)24-19(26)12-29-17-7-5-16(6-8-17)25-11-14(9-20(25)27)21(28)23-2/h3-8,10,14H,9,11-12H2,1-2H3,(H,23,28)(H,24,26)/t14-/m0/s1. The molecule has 0 spiro atoms. The molecule has 2 N–H and O–H groups in total. The fraction of sp³-hybridized carbons (Fsp3) is 0.286.